The average Bonchev–Trinajstić information content (AvgIpc) is 2.21. The van der Waals surface area contributed by atoms with Crippen LogP contribution in [-0.2, 0) is 0 Å². The number of hydrogen-bond donors (Lipinski definition) is 1. The zero-order valence-electron chi connectivity index (χ0n) is 8.82. The Bertz CT molecular complexity index is 640. The summed E-state index contributed by atoms with van der Waals surface area (Å²) in [5, 5.41) is 9.69. The van der Waals surface area contributed by atoms with Crippen molar-refractivity contribution in [1.29, 1.82) is 0 Å². The van der Waals surface area contributed by atoms with Crippen molar-refractivity contribution in [2.45, 2.75) is 6.92 Å². The number of aromatic hydroxyl groups is 1. The molecule has 0 aliphatic heterocycles. The van der Waals surface area contributed by atoms with Crippen molar-refractivity contribution in [3.05, 3.63) is 50.1 Å². The first-order valence-corrected chi connectivity index (χ1v) is 5.90. The molecular formula is C11H8BrClN2O2. The maximum Gasteiger partial charge on any atom is 0.259 e. The summed E-state index contributed by atoms with van der Waals surface area (Å²) in [4.78, 5) is 15.8. The largest absolute Gasteiger partial charge is 0.508 e. The van der Waals surface area contributed by atoms with Crippen molar-refractivity contribution < 1.29 is 5.11 Å². The van der Waals surface area contributed by atoms with Gasteiger partial charge in [0.05, 0.1) is 10.7 Å². The van der Waals surface area contributed by atoms with Crippen molar-refractivity contribution in [3.63, 3.8) is 0 Å². The molecule has 0 saturated heterocycles. The first-order chi connectivity index (χ1) is 7.99. The molecule has 0 unspecified atom stereocenters. The van der Waals surface area contributed by atoms with Gasteiger partial charge in [-0.25, -0.2) is 4.98 Å². The van der Waals surface area contributed by atoms with Gasteiger partial charge in [0.25, 0.3) is 5.56 Å². The van der Waals surface area contributed by atoms with E-state index in [1.54, 1.807) is 13.0 Å². The number of hydrogen-bond acceptors (Lipinski definition) is 3. The van der Waals surface area contributed by atoms with Crippen LogP contribution in [0.5, 0.6) is 5.75 Å². The smallest absolute Gasteiger partial charge is 0.259 e. The summed E-state index contributed by atoms with van der Waals surface area (Å²) in [5.74, 6) is -0.0620. The lowest BCUT2D eigenvalue weighted by molar-refractivity contribution is 0.472. The molecule has 0 fully saturated rings. The lowest BCUT2D eigenvalue weighted by Crippen LogP contribution is -2.19. The quantitative estimate of drug-likeness (QED) is 0.823. The molecule has 88 valence electrons. The Morgan fingerprint density at radius 3 is 2.76 bits per heavy atom. The third-order valence-electron chi connectivity index (χ3n) is 2.24. The number of aryl methyl sites for hydroxylation is 1. The van der Waals surface area contributed by atoms with Crippen LogP contribution in [-0.4, -0.2) is 14.7 Å². The first-order valence-electron chi connectivity index (χ1n) is 4.73. The molecule has 2 aromatic rings. The number of pyridine rings is 2. The van der Waals surface area contributed by atoms with Crippen LogP contribution in [0.25, 0.3) is 5.69 Å². The number of nitrogens with zero attached hydrogens (tertiary/aromatic N) is 2. The second-order valence-electron chi connectivity index (χ2n) is 3.49. The summed E-state index contributed by atoms with van der Waals surface area (Å²) in [6, 6.07) is 4.28. The molecule has 0 amide bonds. The first kappa shape index (κ1) is 12.1. The van der Waals surface area contributed by atoms with Crippen LogP contribution in [0, 0.1) is 6.92 Å². The van der Waals surface area contributed by atoms with E-state index >= 15 is 0 Å². The van der Waals surface area contributed by atoms with Gasteiger partial charge >= 0.3 is 0 Å². The fraction of sp³-hybridized carbons (Fsp3) is 0.0909. The highest BCUT2D eigenvalue weighted by molar-refractivity contribution is 9.10. The van der Waals surface area contributed by atoms with Gasteiger partial charge in [-0.15, -0.1) is 0 Å². The van der Waals surface area contributed by atoms with Crippen LogP contribution in [0.3, 0.4) is 0 Å². The van der Waals surface area contributed by atoms with Crippen molar-refractivity contribution in [2.24, 2.45) is 0 Å². The van der Waals surface area contributed by atoms with E-state index in [0.717, 1.165) is 6.07 Å². The van der Waals surface area contributed by atoms with Crippen LogP contribution < -0.4 is 5.56 Å². The maximum atomic E-state index is 11.8. The summed E-state index contributed by atoms with van der Waals surface area (Å²) >= 11 is 9.23. The van der Waals surface area contributed by atoms with Crippen LogP contribution in [0.1, 0.15) is 5.69 Å². The van der Waals surface area contributed by atoms with Crippen molar-refractivity contribution >= 4 is 27.5 Å². The van der Waals surface area contributed by atoms with Gasteiger partial charge in [0.15, 0.2) is 0 Å². The summed E-state index contributed by atoms with van der Waals surface area (Å²) in [6.45, 7) is 1.71. The molecule has 0 aliphatic carbocycles. The minimum absolute atomic E-state index is 0.0620. The summed E-state index contributed by atoms with van der Waals surface area (Å²) in [5.41, 5.74) is 0.772. The molecule has 0 spiro atoms. The lowest BCUT2D eigenvalue weighted by Gasteiger charge is -2.11. The average molecular weight is 316 g/mol. The molecule has 0 saturated carbocycles. The number of halogens is 2. The van der Waals surface area contributed by atoms with Gasteiger partial charge in [0, 0.05) is 18.0 Å². The second kappa shape index (κ2) is 4.50. The van der Waals surface area contributed by atoms with Gasteiger partial charge in [0.1, 0.15) is 10.4 Å². The summed E-state index contributed by atoms with van der Waals surface area (Å²) in [7, 11) is 0. The molecule has 0 aliphatic rings. The minimum Gasteiger partial charge on any atom is -0.508 e. The fourth-order valence-electron chi connectivity index (χ4n) is 1.57. The van der Waals surface area contributed by atoms with Crippen molar-refractivity contribution in [2.75, 3.05) is 0 Å². The van der Waals surface area contributed by atoms with E-state index in [-0.39, 0.29) is 11.3 Å². The van der Waals surface area contributed by atoms with Crippen molar-refractivity contribution in [3.8, 4) is 11.4 Å². The molecular weight excluding hydrogens is 307 g/mol. The van der Waals surface area contributed by atoms with E-state index in [0.29, 0.717) is 21.0 Å². The van der Waals surface area contributed by atoms with Gasteiger partial charge < -0.3 is 5.11 Å². The minimum atomic E-state index is -0.345. The molecule has 0 atom stereocenters. The van der Waals surface area contributed by atoms with Gasteiger partial charge in [-0.1, -0.05) is 11.6 Å². The zero-order chi connectivity index (χ0) is 12.6. The monoisotopic (exact) mass is 314 g/mol. The SMILES string of the molecule is Cc1cc(O)cc(=O)n1-c1cc(Br)ncc1Cl. The highest BCUT2D eigenvalue weighted by Gasteiger charge is 2.10. The third kappa shape index (κ3) is 2.35. The van der Waals surface area contributed by atoms with Crippen LogP contribution in [0.4, 0.5) is 0 Å². The molecule has 2 rings (SSSR count). The number of aromatic nitrogens is 2. The Morgan fingerprint density at radius 1 is 1.41 bits per heavy atom. The van der Waals surface area contributed by atoms with Gasteiger partial charge in [-0.2, -0.15) is 0 Å². The maximum absolute atomic E-state index is 11.8. The van der Waals surface area contributed by atoms with Crippen LogP contribution >= 0.6 is 27.5 Å². The second-order valence-corrected chi connectivity index (χ2v) is 4.71. The summed E-state index contributed by atoms with van der Waals surface area (Å²) in [6.07, 6.45) is 1.46. The fourth-order valence-corrected chi connectivity index (χ4v) is 2.08. The van der Waals surface area contributed by atoms with Gasteiger partial charge in [0.2, 0.25) is 0 Å². The van der Waals surface area contributed by atoms with E-state index < -0.39 is 0 Å². The van der Waals surface area contributed by atoms with E-state index in [4.69, 9.17) is 11.6 Å². The highest BCUT2D eigenvalue weighted by atomic mass is 79.9. The number of rotatable bonds is 1. The van der Waals surface area contributed by atoms with E-state index in [9.17, 15) is 9.90 Å². The Balaban J connectivity index is 2.77. The third-order valence-corrected chi connectivity index (χ3v) is 2.97. The predicted octanol–water partition coefficient (Wildman–Crippen LogP) is 2.66. The topological polar surface area (TPSA) is 55.1 Å². The zero-order valence-corrected chi connectivity index (χ0v) is 11.2. The summed E-state index contributed by atoms with van der Waals surface area (Å²) < 4.78 is 1.99. The molecule has 2 aromatic heterocycles. The standard InChI is InChI=1S/C11H8BrClN2O2/c1-6-2-7(16)3-11(17)15(6)9-4-10(12)14-5-8(9)13/h2-5,16H,1H3. The van der Waals surface area contributed by atoms with E-state index in [1.807, 2.05) is 0 Å². The molecule has 2 heterocycles. The molecule has 0 aromatic carbocycles. The molecule has 4 nitrogen and oxygen atoms in total. The normalized spacial score (nSPS) is 10.5. The highest BCUT2D eigenvalue weighted by Crippen LogP contribution is 2.23. The molecule has 17 heavy (non-hydrogen) atoms. The molecule has 6 heteroatoms. The Hall–Kier alpha value is -1.33. The Morgan fingerprint density at radius 2 is 2.12 bits per heavy atom. The lowest BCUT2D eigenvalue weighted by atomic mass is 10.3. The van der Waals surface area contributed by atoms with E-state index in [2.05, 4.69) is 20.9 Å². The Kier molecular flexibility index (Phi) is 3.22. The van der Waals surface area contributed by atoms with Gasteiger partial charge in [-0.3, -0.25) is 9.36 Å². The van der Waals surface area contributed by atoms with Crippen LogP contribution in [0.15, 0.2) is 33.8 Å². The van der Waals surface area contributed by atoms with Gasteiger partial charge in [-0.05, 0) is 35.0 Å². The van der Waals surface area contributed by atoms with E-state index in [1.165, 1.54) is 16.8 Å². The molecule has 0 bridgehead atoms. The Labute approximate surface area is 111 Å². The predicted molar refractivity (Wildman–Crippen MR) is 68.9 cm³/mol. The van der Waals surface area contributed by atoms with Crippen LogP contribution in [0.2, 0.25) is 5.02 Å². The molecule has 0 radical (unpaired) electrons. The molecule has 1 N–H and O–H groups in total. The van der Waals surface area contributed by atoms with Crippen molar-refractivity contribution in [1.82, 2.24) is 9.55 Å².